The first kappa shape index (κ1) is 12.2. The Morgan fingerprint density at radius 2 is 2.21 bits per heavy atom. The highest BCUT2D eigenvalue weighted by Crippen LogP contribution is 2.45. The van der Waals surface area contributed by atoms with Crippen molar-refractivity contribution in [3.8, 4) is 11.3 Å². The van der Waals surface area contributed by atoms with Gasteiger partial charge in [0, 0.05) is 11.5 Å². The summed E-state index contributed by atoms with van der Waals surface area (Å²) < 4.78 is 5.26. The summed E-state index contributed by atoms with van der Waals surface area (Å²) in [6.07, 6.45) is 1.91. The fourth-order valence-corrected chi connectivity index (χ4v) is 2.55. The second-order valence-corrected chi connectivity index (χ2v) is 5.19. The summed E-state index contributed by atoms with van der Waals surface area (Å²) in [5, 5.41) is 13.8. The lowest BCUT2D eigenvalue weighted by atomic mass is 10.0. The molecule has 1 aliphatic rings. The number of aryl methyl sites for hydroxylation is 1. The molecule has 3 rings (SSSR count). The van der Waals surface area contributed by atoms with Crippen molar-refractivity contribution in [2.45, 2.75) is 25.7 Å². The maximum absolute atomic E-state index is 11.5. The lowest BCUT2D eigenvalue weighted by Gasteiger charge is -2.05. The third-order valence-corrected chi connectivity index (χ3v) is 3.65. The van der Waals surface area contributed by atoms with Crippen molar-refractivity contribution in [1.29, 1.82) is 0 Å². The summed E-state index contributed by atoms with van der Waals surface area (Å²) in [7, 11) is 0. The van der Waals surface area contributed by atoms with Crippen molar-refractivity contribution in [2.24, 2.45) is 0 Å². The first-order valence-corrected chi connectivity index (χ1v) is 6.45. The van der Waals surface area contributed by atoms with Crippen LogP contribution in [0.4, 0.5) is 0 Å². The lowest BCUT2D eigenvalue weighted by molar-refractivity contribution is 0.0695. The van der Waals surface area contributed by atoms with E-state index in [1.54, 1.807) is 6.07 Å². The van der Waals surface area contributed by atoms with Crippen LogP contribution >= 0.6 is 11.6 Å². The van der Waals surface area contributed by atoms with E-state index in [0.29, 0.717) is 22.0 Å². The van der Waals surface area contributed by atoms with Gasteiger partial charge in [0.05, 0.1) is 5.02 Å². The average molecular weight is 278 g/mol. The van der Waals surface area contributed by atoms with Crippen LogP contribution in [-0.2, 0) is 0 Å². The molecule has 1 aromatic carbocycles. The Kier molecular flexibility index (Phi) is 2.82. The van der Waals surface area contributed by atoms with E-state index >= 15 is 0 Å². The fourth-order valence-electron chi connectivity index (χ4n) is 2.24. The van der Waals surface area contributed by atoms with Crippen molar-refractivity contribution in [3.63, 3.8) is 0 Å². The normalized spacial score (nSPS) is 14.6. The van der Waals surface area contributed by atoms with Crippen molar-refractivity contribution in [3.05, 3.63) is 40.1 Å². The molecule has 1 fully saturated rings. The minimum atomic E-state index is -1.02. The smallest absolute Gasteiger partial charge is 0.341 e. The van der Waals surface area contributed by atoms with Gasteiger partial charge in [0.1, 0.15) is 11.3 Å². The van der Waals surface area contributed by atoms with Gasteiger partial charge in [0.25, 0.3) is 0 Å². The molecule has 1 heterocycles. The zero-order valence-corrected chi connectivity index (χ0v) is 11.1. The molecule has 98 valence electrons. The maximum atomic E-state index is 11.5. The minimum absolute atomic E-state index is 0.152. The first-order chi connectivity index (χ1) is 9.09. The zero-order chi connectivity index (χ0) is 13.6. The molecule has 2 aromatic rings. The zero-order valence-electron chi connectivity index (χ0n) is 10.3. The van der Waals surface area contributed by atoms with Crippen molar-refractivity contribution in [1.82, 2.24) is 5.16 Å². The van der Waals surface area contributed by atoms with Crippen LogP contribution in [0, 0.1) is 6.92 Å². The van der Waals surface area contributed by atoms with Gasteiger partial charge in [-0.2, -0.15) is 0 Å². The molecule has 1 aliphatic carbocycles. The number of aromatic nitrogens is 1. The van der Waals surface area contributed by atoms with Crippen LogP contribution < -0.4 is 0 Å². The highest BCUT2D eigenvalue weighted by molar-refractivity contribution is 6.33. The van der Waals surface area contributed by atoms with E-state index in [4.69, 9.17) is 16.1 Å². The standard InChI is InChI=1S/C14H12ClNO3/c1-7-3-2-4-9(15)10(7)12-11(14(17)18)13(19-16-12)8-5-6-8/h2-4,8H,5-6H2,1H3,(H,17,18). The van der Waals surface area contributed by atoms with Gasteiger partial charge in [-0.3, -0.25) is 0 Å². The molecule has 0 spiro atoms. The highest BCUT2D eigenvalue weighted by Gasteiger charge is 2.36. The summed E-state index contributed by atoms with van der Waals surface area (Å²) in [6.45, 7) is 1.87. The molecule has 0 radical (unpaired) electrons. The van der Waals surface area contributed by atoms with E-state index < -0.39 is 5.97 Å². The van der Waals surface area contributed by atoms with E-state index in [9.17, 15) is 9.90 Å². The van der Waals surface area contributed by atoms with Gasteiger partial charge < -0.3 is 9.63 Å². The number of nitrogens with zero attached hydrogens (tertiary/aromatic N) is 1. The molecule has 1 saturated carbocycles. The van der Waals surface area contributed by atoms with E-state index in [1.165, 1.54) is 0 Å². The van der Waals surface area contributed by atoms with Crippen molar-refractivity contribution < 1.29 is 14.4 Å². The third kappa shape index (κ3) is 2.02. The number of carboxylic acids is 1. The second kappa shape index (κ2) is 4.38. The number of aromatic carboxylic acids is 1. The highest BCUT2D eigenvalue weighted by atomic mass is 35.5. The number of hydrogen-bond donors (Lipinski definition) is 1. The summed E-state index contributed by atoms with van der Waals surface area (Å²) in [5.74, 6) is -0.352. The number of hydrogen-bond acceptors (Lipinski definition) is 3. The van der Waals surface area contributed by atoms with E-state index in [-0.39, 0.29) is 11.5 Å². The van der Waals surface area contributed by atoms with Gasteiger partial charge in [0.15, 0.2) is 5.76 Å². The Morgan fingerprint density at radius 3 is 2.79 bits per heavy atom. The Bertz CT molecular complexity index is 638. The molecule has 4 nitrogen and oxygen atoms in total. The predicted octanol–water partition coefficient (Wildman–Crippen LogP) is 3.88. The number of rotatable bonds is 3. The lowest BCUT2D eigenvalue weighted by Crippen LogP contribution is -2.01. The number of carbonyl (C=O) groups is 1. The van der Waals surface area contributed by atoms with Crippen LogP contribution in [0.1, 0.15) is 40.4 Å². The Hall–Kier alpha value is -1.81. The van der Waals surface area contributed by atoms with Gasteiger partial charge in [0.2, 0.25) is 0 Å². The third-order valence-electron chi connectivity index (χ3n) is 3.34. The van der Waals surface area contributed by atoms with Crippen LogP contribution in [0.15, 0.2) is 22.7 Å². The SMILES string of the molecule is Cc1cccc(Cl)c1-c1noc(C2CC2)c1C(=O)O. The summed E-state index contributed by atoms with van der Waals surface area (Å²) >= 11 is 6.17. The average Bonchev–Trinajstić information content (AvgIpc) is 3.09. The van der Waals surface area contributed by atoms with Gasteiger partial charge in [-0.15, -0.1) is 0 Å². The van der Waals surface area contributed by atoms with Crippen molar-refractivity contribution >= 4 is 17.6 Å². The molecule has 5 heteroatoms. The van der Waals surface area contributed by atoms with Crippen LogP contribution in [0.3, 0.4) is 0 Å². The Labute approximate surface area is 115 Å². The van der Waals surface area contributed by atoms with E-state index in [2.05, 4.69) is 5.16 Å². The quantitative estimate of drug-likeness (QED) is 0.925. The van der Waals surface area contributed by atoms with E-state index in [0.717, 1.165) is 18.4 Å². The number of benzene rings is 1. The molecule has 19 heavy (non-hydrogen) atoms. The molecule has 0 unspecified atom stereocenters. The summed E-state index contributed by atoms with van der Waals surface area (Å²) in [5.41, 5.74) is 2.00. The van der Waals surface area contributed by atoms with Crippen LogP contribution in [0.5, 0.6) is 0 Å². The monoisotopic (exact) mass is 277 g/mol. The molecule has 1 N–H and O–H groups in total. The van der Waals surface area contributed by atoms with Crippen LogP contribution in [0.2, 0.25) is 5.02 Å². The molecule has 1 aromatic heterocycles. The number of halogens is 1. The summed E-state index contributed by atoms with van der Waals surface area (Å²) in [4.78, 5) is 11.5. The Morgan fingerprint density at radius 1 is 1.47 bits per heavy atom. The molecule has 0 bridgehead atoms. The molecule has 0 amide bonds. The van der Waals surface area contributed by atoms with Gasteiger partial charge in [-0.25, -0.2) is 4.79 Å². The molecular weight excluding hydrogens is 266 g/mol. The first-order valence-electron chi connectivity index (χ1n) is 6.08. The molecule has 0 saturated heterocycles. The molecule has 0 aliphatic heterocycles. The van der Waals surface area contributed by atoms with Gasteiger partial charge >= 0.3 is 5.97 Å². The topological polar surface area (TPSA) is 63.3 Å². The van der Waals surface area contributed by atoms with Crippen LogP contribution in [0.25, 0.3) is 11.3 Å². The molecule has 0 atom stereocenters. The van der Waals surface area contributed by atoms with Crippen molar-refractivity contribution in [2.75, 3.05) is 0 Å². The summed E-state index contributed by atoms with van der Waals surface area (Å²) in [6, 6.07) is 5.42. The number of carboxylic acid groups (broad SMARTS) is 1. The maximum Gasteiger partial charge on any atom is 0.341 e. The molecular formula is C14H12ClNO3. The van der Waals surface area contributed by atoms with E-state index in [1.807, 2.05) is 19.1 Å². The second-order valence-electron chi connectivity index (χ2n) is 4.78. The fraction of sp³-hybridized carbons (Fsp3) is 0.286. The van der Waals surface area contributed by atoms with Gasteiger partial charge in [-0.1, -0.05) is 28.9 Å². The van der Waals surface area contributed by atoms with Crippen LogP contribution in [-0.4, -0.2) is 16.2 Å². The largest absolute Gasteiger partial charge is 0.477 e. The minimum Gasteiger partial charge on any atom is -0.477 e. The predicted molar refractivity (Wildman–Crippen MR) is 70.6 cm³/mol. The van der Waals surface area contributed by atoms with Gasteiger partial charge in [-0.05, 0) is 31.4 Å². The Balaban J connectivity index is 2.23.